The highest BCUT2D eigenvalue weighted by Crippen LogP contribution is 2.23. The second-order valence-corrected chi connectivity index (χ2v) is 3.70. The minimum atomic E-state index is -0.928. The summed E-state index contributed by atoms with van der Waals surface area (Å²) >= 11 is 0. The summed E-state index contributed by atoms with van der Waals surface area (Å²) in [6.45, 7) is 1.60. The van der Waals surface area contributed by atoms with Gasteiger partial charge in [0.1, 0.15) is 5.76 Å². The third-order valence-corrected chi connectivity index (χ3v) is 2.71. The normalized spacial score (nSPS) is 30.8. The highest BCUT2D eigenvalue weighted by Gasteiger charge is 2.28. The fraction of sp³-hybridized carbons (Fsp3) is 0.800. The van der Waals surface area contributed by atoms with Crippen molar-refractivity contribution < 1.29 is 9.13 Å². The van der Waals surface area contributed by atoms with Crippen LogP contribution in [-0.2, 0) is 4.74 Å². The van der Waals surface area contributed by atoms with Crippen LogP contribution in [0.4, 0.5) is 4.39 Å². The van der Waals surface area contributed by atoms with E-state index in [1.807, 2.05) is 6.08 Å². The predicted octanol–water partition coefficient (Wildman–Crippen LogP) is 1.77. The third kappa shape index (κ3) is 2.02. The van der Waals surface area contributed by atoms with Crippen LogP contribution in [0.15, 0.2) is 11.8 Å². The summed E-state index contributed by atoms with van der Waals surface area (Å²) in [5.41, 5.74) is 0. The predicted molar refractivity (Wildman–Crippen MR) is 49.2 cm³/mol. The van der Waals surface area contributed by atoms with Crippen LogP contribution >= 0.6 is 0 Å². The molecule has 2 rings (SSSR count). The van der Waals surface area contributed by atoms with Crippen LogP contribution in [0.2, 0.25) is 0 Å². The maximum Gasteiger partial charge on any atom is 0.172 e. The van der Waals surface area contributed by atoms with E-state index < -0.39 is 6.17 Å². The van der Waals surface area contributed by atoms with E-state index in [2.05, 4.69) is 5.32 Å². The lowest BCUT2D eigenvalue weighted by atomic mass is 9.99. The second-order valence-electron chi connectivity index (χ2n) is 3.70. The van der Waals surface area contributed by atoms with Crippen molar-refractivity contribution >= 4 is 0 Å². The van der Waals surface area contributed by atoms with Crippen LogP contribution in [0.25, 0.3) is 0 Å². The number of nitrogens with one attached hydrogen (secondary N) is 1. The van der Waals surface area contributed by atoms with Crippen molar-refractivity contribution in [3.63, 3.8) is 0 Å². The SMILES string of the molecule is FC(C1=CCCO1)C1CCCCN1. The summed E-state index contributed by atoms with van der Waals surface area (Å²) in [6, 6.07) is -0.0156. The molecule has 3 heteroatoms. The van der Waals surface area contributed by atoms with E-state index in [1.54, 1.807) is 0 Å². The van der Waals surface area contributed by atoms with Gasteiger partial charge in [0, 0.05) is 12.5 Å². The van der Waals surface area contributed by atoms with Crippen molar-refractivity contribution in [2.24, 2.45) is 0 Å². The Bertz CT molecular complexity index is 199. The summed E-state index contributed by atoms with van der Waals surface area (Å²) in [5.74, 6) is 0.555. The van der Waals surface area contributed by atoms with Crippen molar-refractivity contribution in [3.05, 3.63) is 11.8 Å². The molecule has 1 saturated heterocycles. The maximum absolute atomic E-state index is 13.7. The summed E-state index contributed by atoms with van der Waals surface area (Å²) in [5, 5.41) is 3.20. The number of piperidine rings is 1. The zero-order chi connectivity index (χ0) is 9.10. The van der Waals surface area contributed by atoms with E-state index in [0.717, 1.165) is 25.8 Å². The smallest absolute Gasteiger partial charge is 0.172 e. The number of alkyl halides is 1. The first-order chi connectivity index (χ1) is 6.38. The first-order valence-corrected chi connectivity index (χ1v) is 5.08. The highest BCUT2D eigenvalue weighted by atomic mass is 19.1. The molecule has 2 unspecified atom stereocenters. The zero-order valence-corrected chi connectivity index (χ0v) is 7.76. The zero-order valence-electron chi connectivity index (χ0n) is 7.76. The van der Waals surface area contributed by atoms with Crippen molar-refractivity contribution in [2.75, 3.05) is 13.2 Å². The molecule has 2 aliphatic rings. The lowest BCUT2D eigenvalue weighted by Crippen LogP contribution is -2.42. The molecular weight excluding hydrogens is 169 g/mol. The first-order valence-electron chi connectivity index (χ1n) is 5.08. The molecule has 0 spiro atoms. The van der Waals surface area contributed by atoms with E-state index in [1.165, 1.54) is 6.42 Å². The van der Waals surface area contributed by atoms with E-state index in [-0.39, 0.29) is 6.04 Å². The van der Waals surface area contributed by atoms with Gasteiger partial charge in [0.15, 0.2) is 6.17 Å². The van der Waals surface area contributed by atoms with Crippen molar-refractivity contribution in [3.8, 4) is 0 Å². The molecule has 13 heavy (non-hydrogen) atoms. The van der Waals surface area contributed by atoms with E-state index in [4.69, 9.17) is 4.74 Å². The molecule has 0 aromatic rings. The molecule has 0 aromatic carbocycles. The Morgan fingerprint density at radius 3 is 3.08 bits per heavy atom. The fourth-order valence-corrected chi connectivity index (χ4v) is 1.96. The number of hydrogen-bond donors (Lipinski definition) is 1. The largest absolute Gasteiger partial charge is 0.495 e. The number of rotatable bonds is 2. The van der Waals surface area contributed by atoms with Crippen LogP contribution in [0, 0.1) is 0 Å². The Hall–Kier alpha value is -0.570. The molecule has 0 amide bonds. The molecule has 0 aliphatic carbocycles. The fourth-order valence-electron chi connectivity index (χ4n) is 1.96. The van der Waals surface area contributed by atoms with Gasteiger partial charge in [0.25, 0.3) is 0 Å². The van der Waals surface area contributed by atoms with Gasteiger partial charge in [-0.2, -0.15) is 0 Å². The molecule has 0 saturated carbocycles. The summed E-state index contributed by atoms with van der Waals surface area (Å²) in [6.07, 6.45) is 5.04. The van der Waals surface area contributed by atoms with Gasteiger partial charge in [-0.25, -0.2) is 4.39 Å². The molecule has 2 heterocycles. The molecule has 2 nitrogen and oxygen atoms in total. The topological polar surface area (TPSA) is 21.3 Å². The molecule has 0 radical (unpaired) electrons. The van der Waals surface area contributed by atoms with Crippen LogP contribution in [-0.4, -0.2) is 25.4 Å². The molecule has 2 atom stereocenters. The Morgan fingerprint density at radius 2 is 2.46 bits per heavy atom. The van der Waals surface area contributed by atoms with Gasteiger partial charge in [-0.05, 0) is 25.5 Å². The standard InChI is InChI=1S/C10H16FNO/c11-10(9-5-3-7-13-9)8-4-1-2-6-12-8/h5,8,10,12H,1-4,6-7H2. The maximum atomic E-state index is 13.7. The molecule has 1 N–H and O–H groups in total. The summed E-state index contributed by atoms with van der Waals surface area (Å²) < 4.78 is 19.0. The van der Waals surface area contributed by atoms with E-state index in [9.17, 15) is 4.39 Å². The highest BCUT2D eigenvalue weighted by molar-refractivity contribution is 5.08. The number of hydrogen-bond acceptors (Lipinski definition) is 2. The van der Waals surface area contributed by atoms with Crippen LogP contribution in [0.3, 0.4) is 0 Å². The van der Waals surface area contributed by atoms with Gasteiger partial charge in [0.05, 0.1) is 6.61 Å². The minimum absolute atomic E-state index is 0.0156. The van der Waals surface area contributed by atoms with Crippen molar-refractivity contribution in [1.82, 2.24) is 5.32 Å². The van der Waals surface area contributed by atoms with Crippen LogP contribution < -0.4 is 5.32 Å². The van der Waals surface area contributed by atoms with E-state index >= 15 is 0 Å². The molecule has 1 fully saturated rings. The van der Waals surface area contributed by atoms with Gasteiger partial charge in [-0.3, -0.25) is 0 Å². The van der Waals surface area contributed by atoms with Crippen LogP contribution in [0.1, 0.15) is 25.7 Å². The lowest BCUT2D eigenvalue weighted by Gasteiger charge is -2.26. The van der Waals surface area contributed by atoms with Gasteiger partial charge in [0.2, 0.25) is 0 Å². The Morgan fingerprint density at radius 1 is 1.54 bits per heavy atom. The summed E-state index contributed by atoms with van der Waals surface area (Å²) in [4.78, 5) is 0. The molecular formula is C10H16FNO. The van der Waals surface area contributed by atoms with Gasteiger partial charge in [-0.1, -0.05) is 6.42 Å². The molecule has 0 bridgehead atoms. The van der Waals surface area contributed by atoms with Crippen molar-refractivity contribution in [2.45, 2.75) is 37.9 Å². The van der Waals surface area contributed by atoms with E-state index in [0.29, 0.717) is 12.4 Å². The average molecular weight is 185 g/mol. The van der Waals surface area contributed by atoms with Gasteiger partial charge < -0.3 is 10.1 Å². The van der Waals surface area contributed by atoms with Gasteiger partial charge >= 0.3 is 0 Å². The Balaban J connectivity index is 1.90. The lowest BCUT2D eigenvalue weighted by molar-refractivity contribution is 0.145. The van der Waals surface area contributed by atoms with Gasteiger partial charge in [-0.15, -0.1) is 0 Å². The number of ether oxygens (including phenoxy) is 1. The Kier molecular flexibility index (Phi) is 2.83. The third-order valence-electron chi connectivity index (χ3n) is 2.71. The number of halogens is 1. The molecule has 0 aromatic heterocycles. The average Bonchev–Trinajstić information content (AvgIpc) is 2.71. The quantitative estimate of drug-likeness (QED) is 0.708. The minimum Gasteiger partial charge on any atom is -0.495 e. The van der Waals surface area contributed by atoms with Crippen molar-refractivity contribution in [1.29, 1.82) is 0 Å². The molecule has 74 valence electrons. The second kappa shape index (κ2) is 4.09. The van der Waals surface area contributed by atoms with Crippen LogP contribution in [0.5, 0.6) is 0 Å². The molecule has 2 aliphatic heterocycles. The first kappa shape index (κ1) is 9.00. The monoisotopic (exact) mass is 185 g/mol. The Labute approximate surface area is 78.2 Å². The summed E-state index contributed by atoms with van der Waals surface area (Å²) in [7, 11) is 0.